The summed E-state index contributed by atoms with van der Waals surface area (Å²) in [6, 6.07) is 12.7. The van der Waals surface area contributed by atoms with Crippen LogP contribution in [0.5, 0.6) is 0 Å². The van der Waals surface area contributed by atoms with Crippen LogP contribution in [0.1, 0.15) is 16.7 Å². The minimum atomic E-state index is -0.411. The summed E-state index contributed by atoms with van der Waals surface area (Å²) < 4.78 is 0. The van der Waals surface area contributed by atoms with Crippen molar-refractivity contribution in [2.45, 2.75) is 0 Å². The number of hydrogen-bond acceptors (Lipinski definition) is 4. The second-order valence-corrected chi connectivity index (χ2v) is 6.07. The summed E-state index contributed by atoms with van der Waals surface area (Å²) in [7, 11) is 5.40. The predicted octanol–water partition coefficient (Wildman–Crippen LogP) is 4.07. The highest BCUT2D eigenvalue weighted by Crippen LogP contribution is 2.31. The molecule has 2 rings (SSSR count). The van der Waals surface area contributed by atoms with E-state index < -0.39 is 4.92 Å². The second-order valence-electron chi connectivity index (χ2n) is 5.69. The van der Waals surface area contributed by atoms with E-state index in [4.69, 9.17) is 12.2 Å². The van der Waals surface area contributed by atoms with Gasteiger partial charge < -0.3 is 10.2 Å². The van der Waals surface area contributed by atoms with E-state index in [9.17, 15) is 10.1 Å². The average molecular weight is 368 g/mol. The van der Waals surface area contributed by atoms with Crippen LogP contribution < -0.4 is 5.32 Å². The standard InChI is InChI=1S/C19H20N4O2S/c1-20-16-11-12-17(23(24)25)15(10-9-14-7-5-4-6-8-14)18(16)19(26)21-13-22(2)3/h4-13,20H,1-3H3. The van der Waals surface area contributed by atoms with Crippen LogP contribution in [-0.4, -0.2) is 42.3 Å². The van der Waals surface area contributed by atoms with Gasteiger partial charge in [-0.15, -0.1) is 0 Å². The van der Waals surface area contributed by atoms with Crippen molar-refractivity contribution in [2.75, 3.05) is 26.5 Å². The van der Waals surface area contributed by atoms with Crippen LogP contribution in [0.25, 0.3) is 12.2 Å². The van der Waals surface area contributed by atoms with Gasteiger partial charge in [0.05, 0.1) is 16.8 Å². The van der Waals surface area contributed by atoms with Crippen molar-refractivity contribution in [3.63, 3.8) is 0 Å². The summed E-state index contributed by atoms with van der Waals surface area (Å²) in [5.74, 6) is 0. The normalized spacial score (nSPS) is 11.0. The molecule has 0 amide bonds. The maximum Gasteiger partial charge on any atom is 0.277 e. The van der Waals surface area contributed by atoms with E-state index >= 15 is 0 Å². The SMILES string of the molecule is CNc1ccc([N+](=O)[O-])c(C=Cc2ccccc2)c1C(=S)N=CN(C)C. The Labute approximate surface area is 158 Å². The number of benzene rings is 2. The van der Waals surface area contributed by atoms with Crippen LogP contribution in [0.3, 0.4) is 0 Å². The largest absolute Gasteiger partial charge is 0.388 e. The molecule has 0 radical (unpaired) electrons. The third-order valence-corrected chi connectivity index (χ3v) is 3.86. The third kappa shape index (κ3) is 4.73. The van der Waals surface area contributed by atoms with Crippen molar-refractivity contribution < 1.29 is 4.92 Å². The molecule has 2 aromatic carbocycles. The van der Waals surface area contributed by atoms with Crippen molar-refractivity contribution in [3.8, 4) is 0 Å². The van der Waals surface area contributed by atoms with Gasteiger partial charge in [-0.05, 0) is 17.7 Å². The van der Waals surface area contributed by atoms with Crippen molar-refractivity contribution >= 4 is 47.1 Å². The number of nitrogens with one attached hydrogen (secondary N) is 1. The number of hydrogen-bond donors (Lipinski definition) is 1. The van der Waals surface area contributed by atoms with E-state index in [1.165, 1.54) is 6.07 Å². The van der Waals surface area contributed by atoms with Crippen LogP contribution in [-0.2, 0) is 0 Å². The van der Waals surface area contributed by atoms with Gasteiger partial charge in [0.2, 0.25) is 0 Å². The van der Waals surface area contributed by atoms with Gasteiger partial charge in [0.1, 0.15) is 4.99 Å². The van der Waals surface area contributed by atoms with Crippen molar-refractivity contribution in [3.05, 3.63) is 69.3 Å². The molecule has 0 spiro atoms. The topological polar surface area (TPSA) is 70.8 Å². The fourth-order valence-corrected chi connectivity index (χ4v) is 2.62. The Morgan fingerprint density at radius 2 is 1.88 bits per heavy atom. The number of nitrogens with zero attached hydrogens (tertiary/aromatic N) is 3. The number of anilines is 1. The Morgan fingerprint density at radius 3 is 2.46 bits per heavy atom. The van der Waals surface area contributed by atoms with Gasteiger partial charge in [-0.1, -0.05) is 48.6 Å². The molecule has 26 heavy (non-hydrogen) atoms. The van der Waals surface area contributed by atoms with Crippen molar-refractivity contribution in [2.24, 2.45) is 4.99 Å². The molecule has 0 saturated heterocycles. The number of nitro benzene ring substituents is 1. The van der Waals surface area contributed by atoms with E-state index in [2.05, 4.69) is 10.3 Å². The van der Waals surface area contributed by atoms with Crippen LogP contribution in [0.4, 0.5) is 11.4 Å². The molecule has 2 aromatic rings. The molecule has 0 aromatic heterocycles. The smallest absolute Gasteiger partial charge is 0.277 e. The summed E-state index contributed by atoms with van der Waals surface area (Å²) in [5.41, 5.74) is 2.55. The van der Waals surface area contributed by atoms with Crippen LogP contribution in [0, 0.1) is 10.1 Å². The first kappa shape index (κ1) is 19.3. The Hall–Kier alpha value is -3.06. The van der Waals surface area contributed by atoms with E-state index in [1.54, 1.807) is 30.4 Å². The first-order valence-electron chi connectivity index (χ1n) is 7.91. The van der Waals surface area contributed by atoms with Gasteiger partial charge in [-0.25, -0.2) is 4.99 Å². The molecular weight excluding hydrogens is 348 g/mol. The molecule has 0 fully saturated rings. The van der Waals surface area contributed by atoms with E-state index in [1.807, 2.05) is 50.5 Å². The molecule has 6 nitrogen and oxygen atoms in total. The molecular formula is C19H20N4O2S. The van der Waals surface area contributed by atoms with Gasteiger partial charge in [-0.3, -0.25) is 10.1 Å². The molecule has 0 bridgehead atoms. The minimum absolute atomic E-state index is 0.0198. The molecule has 0 aliphatic rings. The minimum Gasteiger partial charge on any atom is -0.388 e. The van der Waals surface area contributed by atoms with Crippen LogP contribution in [0.2, 0.25) is 0 Å². The Morgan fingerprint density at radius 1 is 1.19 bits per heavy atom. The third-order valence-electron chi connectivity index (χ3n) is 3.55. The van der Waals surface area contributed by atoms with Gasteiger partial charge in [-0.2, -0.15) is 0 Å². The molecule has 7 heteroatoms. The summed E-state index contributed by atoms with van der Waals surface area (Å²) >= 11 is 5.44. The van der Waals surface area contributed by atoms with Crippen molar-refractivity contribution in [1.29, 1.82) is 0 Å². The summed E-state index contributed by atoms with van der Waals surface area (Å²) in [4.78, 5) is 17.4. The number of aliphatic imine (C=N–C) groups is 1. The zero-order valence-corrected chi connectivity index (χ0v) is 15.7. The van der Waals surface area contributed by atoms with Gasteiger partial charge in [0, 0.05) is 38.5 Å². The van der Waals surface area contributed by atoms with E-state index in [-0.39, 0.29) is 10.7 Å². The molecule has 0 aliphatic carbocycles. The zero-order valence-electron chi connectivity index (χ0n) is 14.8. The van der Waals surface area contributed by atoms with E-state index in [0.29, 0.717) is 16.8 Å². The lowest BCUT2D eigenvalue weighted by Crippen LogP contribution is -2.11. The first-order chi connectivity index (χ1) is 12.4. The quantitative estimate of drug-likeness (QED) is 0.208. The predicted molar refractivity (Wildman–Crippen MR) is 112 cm³/mol. The summed E-state index contributed by atoms with van der Waals surface area (Å²) in [6.07, 6.45) is 5.11. The number of nitro groups is 1. The molecule has 134 valence electrons. The Kier molecular flexibility index (Phi) is 6.57. The van der Waals surface area contributed by atoms with Gasteiger partial charge in [0.15, 0.2) is 0 Å². The van der Waals surface area contributed by atoms with Crippen LogP contribution >= 0.6 is 12.2 Å². The Balaban J connectivity index is 2.63. The molecule has 0 heterocycles. The molecule has 1 N–H and O–H groups in total. The lowest BCUT2D eigenvalue weighted by Gasteiger charge is -2.12. The average Bonchev–Trinajstić information content (AvgIpc) is 2.64. The molecule has 0 atom stereocenters. The van der Waals surface area contributed by atoms with Crippen molar-refractivity contribution in [1.82, 2.24) is 4.90 Å². The maximum atomic E-state index is 11.5. The molecule has 0 aliphatic heterocycles. The summed E-state index contributed by atoms with van der Waals surface area (Å²) in [6.45, 7) is 0. The maximum absolute atomic E-state index is 11.5. The van der Waals surface area contributed by atoms with E-state index in [0.717, 1.165) is 5.56 Å². The first-order valence-corrected chi connectivity index (χ1v) is 8.32. The molecule has 0 saturated carbocycles. The lowest BCUT2D eigenvalue weighted by molar-refractivity contribution is -0.385. The lowest BCUT2D eigenvalue weighted by atomic mass is 10.0. The number of thiocarbonyl (C=S) groups is 1. The van der Waals surface area contributed by atoms with Gasteiger partial charge >= 0.3 is 0 Å². The Bertz CT molecular complexity index is 861. The van der Waals surface area contributed by atoms with Gasteiger partial charge in [0.25, 0.3) is 5.69 Å². The zero-order chi connectivity index (χ0) is 19.1. The summed E-state index contributed by atoms with van der Waals surface area (Å²) in [5, 5.41) is 14.6. The monoisotopic (exact) mass is 368 g/mol. The highest BCUT2D eigenvalue weighted by Gasteiger charge is 2.21. The fourth-order valence-electron chi connectivity index (χ4n) is 2.35. The highest BCUT2D eigenvalue weighted by molar-refractivity contribution is 7.80. The van der Waals surface area contributed by atoms with Crippen LogP contribution in [0.15, 0.2) is 47.5 Å². The second kappa shape index (κ2) is 8.87. The highest BCUT2D eigenvalue weighted by atomic mass is 32.1. The molecule has 0 unspecified atom stereocenters. The number of rotatable bonds is 6. The fraction of sp³-hybridized carbons (Fsp3) is 0.158.